The molecular formula is C28H26F4N2O2Ti. The molecule has 0 saturated carbocycles. The summed E-state index contributed by atoms with van der Waals surface area (Å²) in [5.74, 6) is -4.98. The second kappa shape index (κ2) is 11.0. The van der Waals surface area contributed by atoms with Crippen molar-refractivity contribution in [1.82, 2.24) is 0 Å². The fraction of sp³-hybridized carbons (Fsp3) is 0.214. The molecular weight excluding hydrogens is 520 g/mol. The van der Waals surface area contributed by atoms with E-state index >= 15 is 17.6 Å². The molecule has 0 unspecified atom stereocenters. The number of carbonyl (C=O) groups excluding carboxylic acids is 2. The van der Waals surface area contributed by atoms with Crippen LogP contribution >= 0.6 is 0 Å². The first kappa shape index (κ1) is 26.8. The molecule has 2 aliphatic carbocycles. The molecule has 192 valence electrons. The van der Waals surface area contributed by atoms with Gasteiger partial charge in [-0.2, -0.15) is 0 Å². The number of hydrogen-bond donors (Lipinski definition) is 2. The van der Waals surface area contributed by atoms with Gasteiger partial charge in [0.25, 0.3) is 0 Å². The van der Waals surface area contributed by atoms with Gasteiger partial charge < -0.3 is 0 Å². The van der Waals surface area contributed by atoms with Gasteiger partial charge in [0, 0.05) is 0 Å². The van der Waals surface area contributed by atoms with Crippen molar-refractivity contribution in [1.29, 1.82) is 0 Å². The van der Waals surface area contributed by atoms with Gasteiger partial charge in [0.1, 0.15) is 0 Å². The Kier molecular flexibility index (Phi) is 8.00. The van der Waals surface area contributed by atoms with E-state index in [1.165, 1.54) is 0 Å². The van der Waals surface area contributed by atoms with E-state index in [1.807, 2.05) is 0 Å². The van der Waals surface area contributed by atoms with Gasteiger partial charge in [0.15, 0.2) is 0 Å². The zero-order valence-corrected chi connectivity index (χ0v) is 22.0. The van der Waals surface area contributed by atoms with Crippen LogP contribution in [0, 0.1) is 23.3 Å². The van der Waals surface area contributed by atoms with E-state index in [2.05, 4.69) is 10.6 Å². The molecule has 37 heavy (non-hydrogen) atoms. The number of benzene rings is 2. The van der Waals surface area contributed by atoms with Crippen LogP contribution in [-0.2, 0) is 26.2 Å². The summed E-state index contributed by atoms with van der Waals surface area (Å²) in [7, 11) is 0. The van der Waals surface area contributed by atoms with Crippen molar-refractivity contribution in [3.05, 3.63) is 91.7 Å². The Morgan fingerprint density at radius 3 is 1.46 bits per heavy atom. The van der Waals surface area contributed by atoms with Crippen LogP contribution in [0.25, 0.3) is 0 Å². The SMILES string of the molecule is CCC(=O)Nc1ccc(F)[c]([Ti]([C]2=CC=CC2)([C]2=CC=CC2)[c]2c(F)ccc(NC(=O)CC)c2F)c1F. The zero-order chi connectivity index (χ0) is 26.7. The van der Waals surface area contributed by atoms with Crippen LogP contribution < -0.4 is 18.4 Å². The van der Waals surface area contributed by atoms with Crippen LogP contribution in [0.3, 0.4) is 0 Å². The van der Waals surface area contributed by atoms with Crippen molar-refractivity contribution in [2.24, 2.45) is 0 Å². The third kappa shape index (κ3) is 4.76. The van der Waals surface area contributed by atoms with Crippen LogP contribution in [0.2, 0.25) is 0 Å². The number of hydrogen-bond acceptors (Lipinski definition) is 2. The van der Waals surface area contributed by atoms with Gasteiger partial charge >= 0.3 is 217 Å². The second-order valence-electron chi connectivity index (χ2n) is 8.77. The number of carbonyl (C=O) groups is 2. The molecule has 2 aliphatic rings. The molecule has 0 spiro atoms. The normalized spacial score (nSPS) is 14.5. The van der Waals surface area contributed by atoms with Crippen molar-refractivity contribution in [2.45, 2.75) is 39.5 Å². The number of amides is 2. The summed E-state index contributed by atoms with van der Waals surface area (Å²) in [5.41, 5.74) is -0.514. The topological polar surface area (TPSA) is 58.2 Å². The summed E-state index contributed by atoms with van der Waals surface area (Å²) >= 11 is -5.02. The van der Waals surface area contributed by atoms with Crippen LogP contribution in [0.4, 0.5) is 28.9 Å². The van der Waals surface area contributed by atoms with Crippen LogP contribution in [0.15, 0.2) is 68.5 Å². The Balaban J connectivity index is 2.13. The summed E-state index contributed by atoms with van der Waals surface area (Å²) < 4.78 is 64.6. The number of nitrogens with one attached hydrogen (secondary N) is 2. The molecule has 0 saturated heterocycles. The molecule has 0 atom stereocenters. The fourth-order valence-corrected chi connectivity index (χ4v) is 13.2. The average Bonchev–Trinajstić information content (AvgIpc) is 3.61. The quantitative estimate of drug-likeness (QED) is 0.328. The summed E-state index contributed by atoms with van der Waals surface area (Å²) in [4.78, 5) is 24.2. The molecule has 0 aromatic heterocycles. The van der Waals surface area contributed by atoms with E-state index in [-0.39, 0.29) is 37.1 Å². The molecule has 4 nitrogen and oxygen atoms in total. The Bertz CT molecular complexity index is 1290. The summed E-state index contributed by atoms with van der Waals surface area (Å²) in [6.45, 7) is 3.18. The number of allylic oxidation sites excluding steroid dienone is 8. The van der Waals surface area contributed by atoms with E-state index < -0.39 is 59.4 Å². The van der Waals surface area contributed by atoms with Gasteiger partial charge in [-0.15, -0.1) is 0 Å². The predicted octanol–water partition coefficient (Wildman–Crippen LogP) is 5.73. The molecule has 2 amide bonds. The van der Waals surface area contributed by atoms with Crippen molar-refractivity contribution in [2.75, 3.05) is 10.6 Å². The number of anilines is 2. The van der Waals surface area contributed by atoms with E-state index in [1.54, 1.807) is 50.3 Å². The fourth-order valence-electron chi connectivity index (χ4n) is 4.89. The Hall–Kier alpha value is -3.23. The van der Waals surface area contributed by atoms with E-state index in [0.29, 0.717) is 7.76 Å². The standard InChI is InChI=1S/2C9H8F2NO.2C5H5.Ti/c2*1-2-9(13)12-8-4-3-6(10)5-7(8)11;2*1-2-4-5-3-1;/h2*3-4H,2H2,1H3,(H,12,13);2*1-3H,4H2;. The molecule has 0 fully saturated rings. The maximum atomic E-state index is 16.3. The third-order valence-electron chi connectivity index (χ3n) is 6.63. The van der Waals surface area contributed by atoms with E-state index in [9.17, 15) is 9.59 Å². The van der Waals surface area contributed by atoms with E-state index in [4.69, 9.17) is 0 Å². The van der Waals surface area contributed by atoms with Crippen molar-refractivity contribution >= 4 is 30.9 Å². The molecule has 2 aromatic carbocycles. The molecule has 0 bridgehead atoms. The van der Waals surface area contributed by atoms with Crippen LogP contribution in [0.5, 0.6) is 0 Å². The summed E-state index contributed by atoms with van der Waals surface area (Å²) in [6.07, 6.45) is 10.9. The summed E-state index contributed by atoms with van der Waals surface area (Å²) in [6, 6.07) is 4.27. The molecule has 2 N–H and O–H groups in total. The molecule has 9 heteroatoms. The minimum atomic E-state index is -5.02. The van der Waals surface area contributed by atoms with Gasteiger partial charge in [-0.1, -0.05) is 0 Å². The third-order valence-corrected chi connectivity index (χ3v) is 14.6. The molecule has 0 heterocycles. The number of halogens is 4. The Morgan fingerprint density at radius 2 is 1.14 bits per heavy atom. The van der Waals surface area contributed by atoms with Crippen molar-refractivity contribution in [3.8, 4) is 0 Å². The number of rotatable bonds is 8. The van der Waals surface area contributed by atoms with Crippen molar-refractivity contribution in [3.63, 3.8) is 0 Å². The van der Waals surface area contributed by atoms with Crippen LogP contribution in [-0.4, -0.2) is 11.8 Å². The van der Waals surface area contributed by atoms with Gasteiger partial charge in [0.2, 0.25) is 0 Å². The second-order valence-corrected chi connectivity index (χ2v) is 14.7. The Labute approximate surface area is 216 Å². The van der Waals surface area contributed by atoms with Gasteiger partial charge in [-0.25, -0.2) is 0 Å². The van der Waals surface area contributed by atoms with Crippen molar-refractivity contribution < 1.29 is 43.7 Å². The van der Waals surface area contributed by atoms with Gasteiger partial charge in [-0.05, 0) is 0 Å². The monoisotopic (exact) mass is 546 g/mol. The average molecular weight is 546 g/mol. The minimum absolute atomic E-state index is 0.0608. The molecule has 2 aromatic rings. The maximum absolute atomic E-state index is 16.3. The van der Waals surface area contributed by atoms with Gasteiger partial charge in [-0.3, -0.25) is 0 Å². The van der Waals surface area contributed by atoms with E-state index in [0.717, 1.165) is 24.3 Å². The first-order chi connectivity index (χ1) is 17.7. The summed E-state index contributed by atoms with van der Waals surface area (Å²) in [5, 5.41) is 4.88. The Morgan fingerprint density at radius 1 is 0.730 bits per heavy atom. The zero-order valence-electron chi connectivity index (χ0n) is 20.4. The van der Waals surface area contributed by atoms with Crippen LogP contribution in [0.1, 0.15) is 39.5 Å². The first-order valence-electron chi connectivity index (χ1n) is 12.0. The molecule has 0 radical (unpaired) electrons. The first-order valence-corrected chi connectivity index (χ1v) is 15.2. The van der Waals surface area contributed by atoms with Gasteiger partial charge in [0.05, 0.1) is 0 Å². The molecule has 4 rings (SSSR count). The molecule has 0 aliphatic heterocycles. The predicted molar refractivity (Wildman–Crippen MR) is 134 cm³/mol.